The maximum absolute atomic E-state index is 8.88. The van der Waals surface area contributed by atoms with Crippen LogP contribution in [0, 0.1) is 0 Å². The van der Waals surface area contributed by atoms with Crippen molar-refractivity contribution in [3.05, 3.63) is 0 Å². The van der Waals surface area contributed by atoms with E-state index in [4.69, 9.17) is 34.3 Å². The van der Waals surface area contributed by atoms with Crippen LogP contribution >= 0.6 is 17.1 Å². The van der Waals surface area contributed by atoms with Crippen molar-refractivity contribution < 1.29 is 87.1 Å². The van der Waals surface area contributed by atoms with Crippen LogP contribution in [-0.4, -0.2) is 37.2 Å². The van der Waals surface area contributed by atoms with E-state index in [9.17, 15) is 0 Å². The first-order valence-electron chi connectivity index (χ1n) is 9.55. The van der Waals surface area contributed by atoms with Crippen LogP contribution in [0.5, 0.6) is 0 Å². The molecule has 0 spiro atoms. The van der Waals surface area contributed by atoms with E-state index in [2.05, 4.69) is 16.2 Å². The second kappa shape index (κ2) is 29.6. The van der Waals surface area contributed by atoms with E-state index in [0.717, 1.165) is 0 Å². The zero-order valence-corrected chi connectivity index (χ0v) is 22.4. The molecule has 0 aromatic heterocycles. The minimum absolute atomic E-state index is 0. The summed E-state index contributed by atoms with van der Waals surface area (Å²) in [4.78, 5) is 30.1. The van der Waals surface area contributed by atoms with Crippen LogP contribution in [-0.2, 0) is 4.57 Å². The fourth-order valence-electron chi connectivity index (χ4n) is 2.34. The SMILES string of the molecule is CCCCCCCCCCCCCCCCP.O=C(O)O.O=P(O)(O)O.[H-].[K+]. The van der Waals surface area contributed by atoms with Gasteiger partial charge in [0.1, 0.15) is 0 Å². The number of carbonyl (C=O) groups is 1. The predicted molar refractivity (Wildman–Crippen MR) is 111 cm³/mol. The molecule has 0 saturated heterocycles. The van der Waals surface area contributed by atoms with Crippen molar-refractivity contribution in [2.24, 2.45) is 0 Å². The third kappa shape index (κ3) is 74.5. The Morgan fingerprint density at radius 1 is 0.741 bits per heavy atom. The molecular formula is C17H41KO7P2. The van der Waals surface area contributed by atoms with Gasteiger partial charge < -0.3 is 26.3 Å². The monoisotopic (exact) mass is 458 g/mol. The summed E-state index contributed by atoms with van der Waals surface area (Å²) < 4.78 is 8.88. The molecule has 0 fully saturated rings. The van der Waals surface area contributed by atoms with E-state index < -0.39 is 14.0 Å². The standard InChI is InChI=1S/C16H35P.CH2O3.K.H3O4P.H/c1-2-3-4-5-6-7-8-9-10-11-12-13-14-15-16-17;2-1(3)4;;1-5(2,3)4;/h2-17H2,1H3;(H2,2,3,4);;(H3,1,2,3,4);/q;;+1;;-1. The number of phosphoric acid groups is 1. The third-order valence-electron chi connectivity index (χ3n) is 3.56. The summed E-state index contributed by atoms with van der Waals surface area (Å²) in [6.07, 6.45) is 19.9. The van der Waals surface area contributed by atoms with Gasteiger partial charge in [-0.05, 0) is 12.6 Å². The van der Waals surface area contributed by atoms with Crippen molar-refractivity contribution in [3.63, 3.8) is 0 Å². The second-order valence-corrected chi connectivity index (χ2v) is 7.78. The van der Waals surface area contributed by atoms with Gasteiger partial charge in [-0.1, -0.05) is 90.4 Å². The van der Waals surface area contributed by atoms with E-state index in [1.807, 2.05) is 0 Å². The van der Waals surface area contributed by atoms with Crippen LogP contribution in [0.3, 0.4) is 0 Å². The molecule has 162 valence electrons. The van der Waals surface area contributed by atoms with Crippen LogP contribution in [0.4, 0.5) is 4.79 Å². The Hall–Kier alpha value is 1.45. The van der Waals surface area contributed by atoms with Crippen molar-refractivity contribution in [2.45, 2.75) is 96.8 Å². The summed E-state index contributed by atoms with van der Waals surface area (Å²) in [6, 6.07) is 0. The molecule has 0 radical (unpaired) electrons. The Labute approximate surface area is 211 Å². The molecule has 1 unspecified atom stereocenters. The third-order valence-corrected chi connectivity index (χ3v) is 3.97. The first-order valence-corrected chi connectivity index (χ1v) is 11.9. The Balaban J connectivity index is -0.000000134. The largest absolute Gasteiger partial charge is 1.00 e. The number of rotatable bonds is 14. The summed E-state index contributed by atoms with van der Waals surface area (Å²) in [5, 5.41) is 13.9. The van der Waals surface area contributed by atoms with Crippen molar-refractivity contribution >= 4 is 23.2 Å². The average molecular weight is 459 g/mol. The van der Waals surface area contributed by atoms with E-state index >= 15 is 0 Å². The molecule has 5 N–H and O–H groups in total. The fraction of sp³-hybridized carbons (Fsp3) is 0.941. The van der Waals surface area contributed by atoms with Gasteiger partial charge in [0.2, 0.25) is 0 Å². The van der Waals surface area contributed by atoms with Gasteiger partial charge >= 0.3 is 65.4 Å². The van der Waals surface area contributed by atoms with Gasteiger partial charge in [0.15, 0.2) is 0 Å². The van der Waals surface area contributed by atoms with E-state index in [0.29, 0.717) is 0 Å². The number of hydrogen-bond donors (Lipinski definition) is 5. The van der Waals surface area contributed by atoms with E-state index in [1.165, 1.54) is 96.1 Å². The minimum atomic E-state index is -4.64. The molecule has 0 aliphatic carbocycles. The molecule has 0 bridgehead atoms. The van der Waals surface area contributed by atoms with Crippen LogP contribution in [0.15, 0.2) is 0 Å². The Morgan fingerprint density at radius 3 is 1.11 bits per heavy atom. The zero-order valence-electron chi connectivity index (χ0n) is 18.2. The van der Waals surface area contributed by atoms with Crippen molar-refractivity contribution in [1.29, 1.82) is 0 Å². The molecule has 7 nitrogen and oxygen atoms in total. The average Bonchev–Trinajstić information content (AvgIpc) is 2.50. The van der Waals surface area contributed by atoms with Crippen LogP contribution in [0.2, 0.25) is 0 Å². The molecule has 0 heterocycles. The van der Waals surface area contributed by atoms with Gasteiger partial charge in [0, 0.05) is 0 Å². The maximum atomic E-state index is 8.88. The number of unbranched alkanes of at least 4 members (excludes halogenated alkanes) is 13. The first-order chi connectivity index (χ1) is 12.1. The minimum Gasteiger partial charge on any atom is -1.00 e. The van der Waals surface area contributed by atoms with Crippen molar-refractivity contribution in [3.8, 4) is 0 Å². The Kier molecular flexibility index (Phi) is 39.4. The van der Waals surface area contributed by atoms with Gasteiger partial charge in [-0.15, -0.1) is 9.24 Å². The molecule has 0 rings (SSSR count). The Bertz CT molecular complexity index is 308. The summed E-state index contributed by atoms with van der Waals surface area (Å²) in [6.45, 7) is 2.29. The van der Waals surface area contributed by atoms with Gasteiger partial charge in [-0.3, -0.25) is 0 Å². The molecule has 0 saturated carbocycles. The molecule has 0 aromatic rings. The second-order valence-electron chi connectivity index (χ2n) is 6.18. The quantitative estimate of drug-likeness (QED) is 0.153. The van der Waals surface area contributed by atoms with Gasteiger partial charge in [-0.2, -0.15) is 0 Å². The molecule has 0 aromatic carbocycles. The van der Waals surface area contributed by atoms with Crippen molar-refractivity contribution in [1.82, 2.24) is 0 Å². The molecular weight excluding hydrogens is 417 g/mol. The topological polar surface area (TPSA) is 135 Å². The summed E-state index contributed by atoms with van der Waals surface area (Å²) in [5.41, 5.74) is 0. The fourth-order valence-corrected chi connectivity index (χ4v) is 2.63. The van der Waals surface area contributed by atoms with Crippen LogP contribution in [0.1, 0.15) is 98.2 Å². The van der Waals surface area contributed by atoms with Crippen LogP contribution in [0.25, 0.3) is 0 Å². The summed E-state index contributed by atoms with van der Waals surface area (Å²) in [5.74, 6) is 0. The van der Waals surface area contributed by atoms with E-state index in [-0.39, 0.29) is 52.8 Å². The normalized spacial score (nSPS) is 9.96. The molecule has 1 atom stereocenters. The maximum Gasteiger partial charge on any atom is 1.00 e. The predicted octanol–water partition coefficient (Wildman–Crippen LogP) is 2.75. The smallest absolute Gasteiger partial charge is 1.00 e. The molecule has 0 amide bonds. The molecule has 0 aliphatic rings. The Morgan fingerprint density at radius 2 is 0.926 bits per heavy atom. The summed E-state index contributed by atoms with van der Waals surface area (Å²) >= 11 is 0. The zero-order chi connectivity index (χ0) is 20.7. The molecule has 10 heteroatoms. The molecule has 0 aliphatic heterocycles. The number of hydrogen-bond acceptors (Lipinski definition) is 2. The van der Waals surface area contributed by atoms with E-state index in [1.54, 1.807) is 0 Å². The van der Waals surface area contributed by atoms with Gasteiger partial charge in [-0.25, -0.2) is 9.36 Å². The summed E-state index contributed by atoms with van der Waals surface area (Å²) in [7, 11) is -1.82. The first kappa shape index (κ1) is 35.9. The van der Waals surface area contributed by atoms with Crippen molar-refractivity contribution in [2.75, 3.05) is 6.16 Å². The molecule has 27 heavy (non-hydrogen) atoms. The van der Waals surface area contributed by atoms with Gasteiger partial charge in [0.05, 0.1) is 0 Å². The van der Waals surface area contributed by atoms with Gasteiger partial charge in [0.25, 0.3) is 0 Å². The van der Waals surface area contributed by atoms with Crippen LogP contribution < -0.4 is 51.4 Å². The number of carboxylic acid groups (broad SMARTS) is 2.